The van der Waals surface area contributed by atoms with Gasteiger partial charge in [-0.05, 0) is 25.2 Å². The van der Waals surface area contributed by atoms with Gasteiger partial charge in [-0.3, -0.25) is 9.69 Å². The van der Waals surface area contributed by atoms with Crippen molar-refractivity contribution in [2.75, 3.05) is 26.3 Å². The number of nitrogens with one attached hydrogen (secondary N) is 1. The van der Waals surface area contributed by atoms with E-state index in [9.17, 15) is 4.79 Å². The van der Waals surface area contributed by atoms with E-state index in [1.807, 2.05) is 5.38 Å². The van der Waals surface area contributed by atoms with Crippen LogP contribution >= 0.6 is 11.3 Å². The first-order valence-corrected chi connectivity index (χ1v) is 9.68. The Morgan fingerprint density at radius 2 is 2.26 bits per heavy atom. The van der Waals surface area contributed by atoms with Crippen molar-refractivity contribution in [2.24, 2.45) is 5.92 Å². The van der Waals surface area contributed by atoms with Crippen LogP contribution in [0.1, 0.15) is 38.3 Å². The SMILES string of the molecule is CCC[C@@H]1CN(C2CCOCC2)C[C@H]1NC(=O)Cc1cscn1. The van der Waals surface area contributed by atoms with Crippen molar-refractivity contribution in [2.45, 2.75) is 51.1 Å². The maximum absolute atomic E-state index is 12.3. The normalized spacial score (nSPS) is 26.5. The van der Waals surface area contributed by atoms with Crippen molar-refractivity contribution in [3.63, 3.8) is 0 Å². The Bertz CT molecular complexity index is 488. The minimum atomic E-state index is 0.107. The summed E-state index contributed by atoms with van der Waals surface area (Å²) in [5, 5.41) is 5.22. The van der Waals surface area contributed by atoms with Crippen molar-refractivity contribution in [1.29, 1.82) is 0 Å². The van der Waals surface area contributed by atoms with Crippen LogP contribution in [0.15, 0.2) is 10.9 Å². The molecule has 0 spiro atoms. The molecule has 2 saturated heterocycles. The highest BCUT2D eigenvalue weighted by molar-refractivity contribution is 7.07. The van der Waals surface area contributed by atoms with Gasteiger partial charge >= 0.3 is 0 Å². The van der Waals surface area contributed by atoms with Crippen LogP contribution < -0.4 is 5.32 Å². The average Bonchev–Trinajstić information content (AvgIpc) is 3.19. The van der Waals surface area contributed by atoms with Crippen molar-refractivity contribution in [3.8, 4) is 0 Å². The molecule has 128 valence electrons. The number of carbonyl (C=O) groups excluding carboxylic acids is 1. The summed E-state index contributed by atoms with van der Waals surface area (Å²) in [6, 6.07) is 0.910. The topological polar surface area (TPSA) is 54.5 Å². The van der Waals surface area contributed by atoms with Crippen LogP contribution in [-0.2, 0) is 16.0 Å². The molecule has 0 aliphatic carbocycles. The lowest BCUT2D eigenvalue weighted by atomic mass is 9.98. The second-order valence-corrected chi connectivity index (χ2v) is 7.40. The van der Waals surface area contributed by atoms with Crippen molar-refractivity contribution in [3.05, 3.63) is 16.6 Å². The molecule has 2 aliphatic heterocycles. The van der Waals surface area contributed by atoms with E-state index in [2.05, 4.69) is 22.1 Å². The smallest absolute Gasteiger partial charge is 0.226 e. The Balaban J connectivity index is 1.56. The molecule has 2 fully saturated rings. The summed E-state index contributed by atoms with van der Waals surface area (Å²) in [6.45, 7) is 6.07. The second kappa shape index (κ2) is 8.22. The Hall–Kier alpha value is -0.980. The average molecular weight is 337 g/mol. The molecule has 1 aromatic rings. The molecule has 1 aromatic heterocycles. The summed E-state index contributed by atoms with van der Waals surface area (Å²) in [7, 11) is 0. The zero-order chi connectivity index (χ0) is 16.1. The molecule has 0 bridgehead atoms. The first-order chi connectivity index (χ1) is 11.3. The number of amides is 1. The fourth-order valence-electron chi connectivity index (χ4n) is 3.83. The number of nitrogens with zero attached hydrogens (tertiary/aromatic N) is 2. The molecule has 3 rings (SSSR count). The highest BCUT2D eigenvalue weighted by Crippen LogP contribution is 2.27. The van der Waals surface area contributed by atoms with Crippen LogP contribution in [0.3, 0.4) is 0 Å². The molecular weight excluding hydrogens is 310 g/mol. The van der Waals surface area contributed by atoms with Gasteiger partial charge in [0.2, 0.25) is 5.91 Å². The third-order valence-electron chi connectivity index (χ3n) is 5.01. The number of thiazole rings is 1. The van der Waals surface area contributed by atoms with E-state index in [0.717, 1.165) is 44.8 Å². The van der Waals surface area contributed by atoms with Gasteiger partial charge in [0.25, 0.3) is 0 Å². The molecule has 3 heterocycles. The second-order valence-electron chi connectivity index (χ2n) is 6.68. The minimum absolute atomic E-state index is 0.107. The molecular formula is C17H27N3O2S. The molecule has 6 heteroatoms. The lowest BCUT2D eigenvalue weighted by Crippen LogP contribution is -2.43. The van der Waals surface area contributed by atoms with Gasteiger partial charge in [-0.2, -0.15) is 0 Å². The molecule has 0 aromatic carbocycles. The summed E-state index contributed by atoms with van der Waals surface area (Å²) in [5.74, 6) is 0.679. The highest BCUT2D eigenvalue weighted by Gasteiger charge is 2.36. The van der Waals surface area contributed by atoms with Crippen LogP contribution in [0, 0.1) is 5.92 Å². The number of hydrogen-bond donors (Lipinski definition) is 1. The number of carbonyl (C=O) groups is 1. The summed E-state index contributed by atoms with van der Waals surface area (Å²) in [5.41, 5.74) is 2.66. The lowest BCUT2D eigenvalue weighted by Gasteiger charge is -2.31. The molecule has 5 nitrogen and oxygen atoms in total. The molecule has 0 saturated carbocycles. The predicted octanol–water partition coefficient (Wildman–Crippen LogP) is 2.08. The van der Waals surface area contributed by atoms with Gasteiger partial charge in [-0.1, -0.05) is 13.3 Å². The maximum atomic E-state index is 12.3. The fraction of sp³-hybridized carbons (Fsp3) is 0.765. The highest BCUT2D eigenvalue weighted by atomic mass is 32.1. The molecule has 23 heavy (non-hydrogen) atoms. The Labute approximate surface area is 142 Å². The van der Waals surface area contributed by atoms with Crippen molar-refractivity contribution < 1.29 is 9.53 Å². The van der Waals surface area contributed by atoms with Crippen LogP contribution in [0.5, 0.6) is 0 Å². The van der Waals surface area contributed by atoms with Crippen LogP contribution in [-0.4, -0.2) is 54.2 Å². The Morgan fingerprint density at radius 3 is 2.96 bits per heavy atom. The summed E-state index contributed by atoms with van der Waals surface area (Å²) in [6.07, 6.45) is 5.00. The number of hydrogen-bond acceptors (Lipinski definition) is 5. The van der Waals surface area contributed by atoms with Gasteiger partial charge in [0.15, 0.2) is 0 Å². The van der Waals surface area contributed by atoms with Gasteiger partial charge in [0, 0.05) is 43.8 Å². The quantitative estimate of drug-likeness (QED) is 0.863. The molecule has 1 N–H and O–H groups in total. The summed E-state index contributed by atoms with van der Waals surface area (Å²) in [4.78, 5) is 19.1. The number of rotatable bonds is 6. The van der Waals surface area contributed by atoms with Crippen molar-refractivity contribution in [1.82, 2.24) is 15.2 Å². The molecule has 1 amide bonds. The largest absolute Gasteiger partial charge is 0.381 e. The molecule has 2 atom stereocenters. The van der Waals surface area contributed by atoms with E-state index < -0.39 is 0 Å². The first kappa shape index (κ1) is 16.9. The molecule has 0 unspecified atom stereocenters. The van der Waals surface area contributed by atoms with Crippen LogP contribution in [0.4, 0.5) is 0 Å². The third kappa shape index (κ3) is 4.52. The predicted molar refractivity (Wildman–Crippen MR) is 91.6 cm³/mol. The summed E-state index contributed by atoms with van der Waals surface area (Å²) < 4.78 is 5.48. The van der Waals surface area contributed by atoms with Crippen molar-refractivity contribution >= 4 is 17.2 Å². The Morgan fingerprint density at radius 1 is 1.43 bits per heavy atom. The lowest BCUT2D eigenvalue weighted by molar-refractivity contribution is -0.121. The van der Waals surface area contributed by atoms with Gasteiger partial charge in [-0.25, -0.2) is 4.98 Å². The van der Waals surface area contributed by atoms with Crippen LogP contribution in [0.25, 0.3) is 0 Å². The van der Waals surface area contributed by atoms with Gasteiger partial charge < -0.3 is 10.1 Å². The van der Waals surface area contributed by atoms with E-state index in [0.29, 0.717) is 18.4 Å². The van der Waals surface area contributed by atoms with E-state index in [1.54, 1.807) is 16.8 Å². The molecule has 0 radical (unpaired) electrons. The van der Waals surface area contributed by atoms with E-state index in [4.69, 9.17) is 4.74 Å². The number of ether oxygens (including phenoxy) is 1. The van der Waals surface area contributed by atoms with Gasteiger partial charge in [0.05, 0.1) is 17.6 Å². The third-order valence-corrected chi connectivity index (χ3v) is 5.64. The minimum Gasteiger partial charge on any atom is -0.381 e. The first-order valence-electron chi connectivity index (χ1n) is 8.74. The van der Waals surface area contributed by atoms with E-state index >= 15 is 0 Å². The standard InChI is InChI=1S/C17H27N3O2S/c1-2-3-13-9-20(15-4-6-22-7-5-15)10-16(13)19-17(21)8-14-11-23-12-18-14/h11-13,15-16H,2-10H2,1H3,(H,19,21)/t13-,16-/m1/s1. The number of likely N-dealkylation sites (tertiary alicyclic amines) is 1. The van der Waals surface area contributed by atoms with Gasteiger partial charge in [0.1, 0.15) is 0 Å². The van der Waals surface area contributed by atoms with E-state index in [-0.39, 0.29) is 11.9 Å². The zero-order valence-electron chi connectivity index (χ0n) is 13.9. The van der Waals surface area contributed by atoms with Crippen LogP contribution in [0.2, 0.25) is 0 Å². The fourth-order valence-corrected chi connectivity index (χ4v) is 4.39. The maximum Gasteiger partial charge on any atom is 0.226 e. The van der Waals surface area contributed by atoms with E-state index in [1.165, 1.54) is 12.8 Å². The molecule has 2 aliphatic rings. The van der Waals surface area contributed by atoms with Gasteiger partial charge in [-0.15, -0.1) is 11.3 Å². The zero-order valence-corrected chi connectivity index (χ0v) is 14.7. The Kier molecular flexibility index (Phi) is 6.02. The monoisotopic (exact) mass is 337 g/mol. The number of aromatic nitrogens is 1. The summed E-state index contributed by atoms with van der Waals surface area (Å²) >= 11 is 1.54.